The highest BCUT2D eigenvalue weighted by Crippen LogP contribution is 2.23. The molecule has 2 nitrogen and oxygen atoms in total. The third-order valence-electron chi connectivity index (χ3n) is 1.40. The zero-order valence-electron chi connectivity index (χ0n) is 5.44. The van der Waals surface area contributed by atoms with Crippen LogP contribution in [0.15, 0.2) is 0 Å². The summed E-state index contributed by atoms with van der Waals surface area (Å²) in [7, 11) is 0.743. The van der Waals surface area contributed by atoms with Gasteiger partial charge < -0.3 is 4.81 Å². The molecule has 0 spiro atoms. The molecule has 0 aliphatic carbocycles. The molecule has 1 aliphatic rings. The van der Waals surface area contributed by atoms with Crippen molar-refractivity contribution in [1.29, 1.82) is 0 Å². The van der Waals surface area contributed by atoms with Gasteiger partial charge in [-0.25, -0.2) is 0 Å². The molecule has 0 amide bonds. The maximum atomic E-state index is 4.78. The Hall–Kier alpha value is -0.0151. The molecule has 0 radical (unpaired) electrons. The van der Waals surface area contributed by atoms with Crippen LogP contribution in [0.3, 0.4) is 0 Å². The summed E-state index contributed by atoms with van der Waals surface area (Å²) >= 11 is 0. The molecule has 46 valence electrons. The average Bonchev–Trinajstić information content (AvgIpc) is 1.65. The molecule has 3 heteroatoms. The van der Waals surface area contributed by atoms with Crippen molar-refractivity contribution in [2.24, 2.45) is 5.41 Å². The molecule has 0 saturated carbocycles. The van der Waals surface area contributed by atoms with Crippen LogP contribution in [0.25, 0.3) is 0 Å². The van der Waals surface area contributed by atoms with Gasteiger partial charge in [-0.05, 0) is 11.7 Å². The van der Waals surface area contributed by atoms with Crippen molar-refractivity contribution in [3.63, 3.8) is 0 Å². The van der Waals surface area contributed by atoms with Gasteiger partial charge in [0.05, 0.1) is 6.61 Å². The quantitative estimate of drug-likeness (QED) is 0.341. The van der Waals surface area contributed by atoms with Crippen molar-refractivity contribution >= 4 is 7.48 Å². The predicted octanol–water partition coefficient (Wildman–Crippen LogP) is 0.744. The van der Waals surface area contributed by atoms with E-state index in [1.807, 2.05) is 0 Å². The lowest BCUT2D eigenvalue weighted by Gasteiger charge is -2.27. The molecule has 1 aliphatic heterocycles. The lowest BCUT2D eigenvalue weighted by molar-refractivity contribution is -0.239. The van der Waals surface area contributed by atoms with E-state index in [0.29, 0.717) is 5.41 Å². The Balaban J connectivity index is 2.33. The van der Waals surface area contributed by atoms with Crippen molar-refractivity contribution in [2.75, 3.05) is 6.61 Å². The standard InChI is InChI=1S/C5H11BO2/c1-5(2)3-6-8-7-4-5/h6H,3-4H2,1-2H3. The first-order valence-corrected chi connectivity index (χ1v) is 2.95. The van der Waals surface area contributed by atoms with E-state index in [-0.39, 0.29) is 0 Å². The topological polar surface area (TPSA) is 18.5 Å². The van der Waals surface area contributed by atoms with Crippen LogP contribution < -0.4 is 0 Å². The molecule has 1 heterocycles. The zero-order valence-corrected chi connectivity index (χ0v) is 5.44. The molecule has 0 N–H and O–H groups in total. The first kappa shape index (κ1) is 6.11. The van der Waals surface area contributed by atoms with Gasteiger partial charge in [-0.15, -0.1) is 0 Å². The zero-order chi connectivity index (χ0) is 6.04. The molecule has 0 aromatic rings. The van der Waals surface area contributed by atoms with Crippen molar-refractivity contribution in [3.8, 4) is 0 Å². The second-order valence-electron chi connectivity index (χ2n) is 3.00. The maximum Gasteiger partial charge on any atom is 0.323 e. The van der Waals surface area contributed by atoms with Gasteiger partial charge in [0.15, 0.2) is 0 Å². The molecule has 0 bridgehead atoms. The van der Waals surface area contributed by atoms with Crippen molar-refractivity contribution in [1.82, 2.24) is 0 Å². The van der Waals surface area contributed by atoms with Crippen molar-refractivity contribution in [2.45, 2.75) is 20.2 Å². The van der Waals surface area contributed by atoms with Crippen LogP contribution in [-0.4, -0.2) is 14.1 Å². The third kappa shape index (κ3) is 1.49. The first-order valence-electron chi connectivity index (χ1n) is 2.95. The summed E-state index contributed by atoms with van der Waals surface area (Å²) in [6, 6.07) is 0. The van der Waals surface area contributed by atoms with Gasteiger partial charge in [0.25, 0.3) is 0 Å². The largest absolute Gasteiger partial charge is 0.323 e. The Morgan fingerprint density at radius 2 is 2.25 bits per heavy atom. The second kappa shape index (κ2) is 2.07. The van der Waals surface area contributed by atoms with Gasteiger partial charge in [0, 0.05) is 0 Å². The van der Waals surface area contributed by atoms with Crippen LogP contribution in [0, 0.1) is 5.41 Å². The third-order valence-corrected chi connectivity index (χ3v) is 1.40. The van der Waals surface area contributed by atoms with E-state index < -0.39 is 0 Å². The van der Waals surface area contributed by atoms with E-state index >= 15 is 0 Å². The van der Waals surface area contributed by atoms with Gasteiger partial charge in [-0.1, -0.05) is 13.8 Å². The molecule has 1 rings (SSSR count). The first-order chi connectivity index (χ1) is 3.71. The Labute approximate surface area is 50.4 Å². The van der Waals surface area contributed by atoms with E-state index in [1.165, 1.54) is 0 Å². The predicted molar refractivity (Wildman–Crippen MR) is 32.8 cm³/mol. The van der Waals surface area contributed by atoms with Gasteiger partial charge in [0.2, 0.25) is 0 Å². The van der Waals surface area contributed by atoms with Gasteiger partial charge >= 0.3 is 7.48 Å². The highest BCUT2D eigenvalue weighted by molar-refractivity contribution is 6.27. The average molecular weight is 114 g/mol. The molecule has 0 aromatic heterocycles. The Kier molecular flexibility index (Phi) is 1.58. The van der Waals surface area contributed by atoms with E-state index in [1.54, 1.807) is 0 Å². The SMILES string of the molecule is CC1(C)CBOOC1. The van der Waals surface area contributed by atoms with Gasteiger partial charge in [-0.3, -0.25) is 4.89 Å². The minimum absolute atomic E-state index is 0.332. The summed E-state index contributed by atoms with van der Waals surface area (Å²) in [4.78, 5) is 9.49. The van der Waals surface area contributed by atoms with E-state index in [0.717, 1.165) is 20.4 Å². The van der Waals surface area contributed by atoms with E-state index in [4.69, 9.17) is 9.69 Å². The van der Waals surface area contributed by atoms with Crippen molar-refractivity contribution in [3.05, 3.63) is 0 Å². The van der Waals surface area contributed by atoms with Gasteiger partial charge in [-0.2, -0.15) is 0 Å². The lowest BCUT2D eigenvalue weighted by atomic mass is 9.75. The summed E-state index contributed by atoms with van der Waals surface area (Å²) in [5.41, 5.74) is 0.332. The fraction of sp³-hybridized carbons (Fsp3) is 1.00. The maximum absolute atomic E-state index is 4.78. The molecule has 0 atom stereocenters. The number of rotatable bonds is 0. The smallest absolute Gasteiger partial charge is 0.310 e. The molecular formula is C5H11BO2. The molecule has 1 fully saturated rings. The summed E-state index contributed by atoms with van der Waals surface area (Å²) < 4.78 is 0. The summed E-state index contributed by atoms with van der Waals surface area (Å²) in [5.74, 6) is 0. The lowest BCUT2D eigenvalue weighted by Crippen LogP contribution is -2.27. The minimum atomic E-state index is 0.332. The number of hydrogen-bond acceptors (Lipinski definition) is 2. The minimum Gasteiger partial charge on any atom is -0.310 e. The highest BCUT2D eigenvalue weighted by atomic mass is 17.2. The Morgan fingerprint density at radius 3 is 2.50 bits per heavy atom. The second-order valence-corrected chi connectivity index (χ2v) is 3.00. The number of hydrogen-bond donors (Lipinski definition) is 0. The fourth-order valence-corrected chi connectivity index (χ4v) is 0.650. The van der Waals surface area contributed by atoms with E-state index in [2.05, 4.69) is 13.8 Å². The van der Waals surface area contributed by atoms with E-state index in [9.17, 15) is 0 Å². The van der Waals surface area contributed by atoms with Crippen LogP contribution in [0.2, 0.25) is 6.32 Å². The normalized spacial score (nSPS) is 26.8. The molecule has 0 aromatic carbocycles. The van der Waals surface area contributed by atoms with Crippen LogP contribution in [0.1, 0.15) is 13.8 Å². The van der Waals surface area contributed by atoms with Crippen LogP contribution in [-0.2, 0) is 9.69 Å². The fourth-order valence-electron chi connectivity index (χ4n) is 0.650. The van der Waals surface area contributed by atoms with Crippen LogP contribution in [0.5, 0.6) is 0 Å². The monoisotopic (exact) mass is 114 g/mol. The summed E-state index contributed by atoms with van der Waals surface area (Å²) in [6.45, 7) is 5.08. The van der Waals surface area contributed by atoms with Crippen LogP contribution >= 0.6 is 0 Å². The Morgan fingerprint density at radius 1 is 1.50 bits per heavy atom. The molecule has 0 unspecified atom stereocenters. The van der Waals surface area contributed by atoms with Crippen LogP contribution in [0.4, 0.5) is 0 Å². The molecule has 8 heavy (non-hydrogen) atoms. The Bertz CT molecular complexity index is 74.5. The summed E-state index contributed by atoms with van der Waals surface area (Å²) in [6.07, 6.45) is 1.10. The molecular weight excluding hydrogens is 103 g/mol. The van der Waals surface area contributed by atoms with Crippen molar-refractivity contribution < 1.29 is 9.69 Å². The van der Waals surface area contributed by atoms with Gasteiger partial charge in [0.1, 0.15) is 0 Å². The summed E-state index contributed by atoms with van der Waals surface area (Å²) in [5, 5.41) is 0. The highest BCUT2D eigenvalue weighted by Gasteiger charge is 2.23. The molecule has 1 saturated heterocycles.